The molecular weight excluding hydrogens is 456 g/mol. The minimum absolute atomic E-state index is 0.00853. The molecule has 4 aliphatic rings. The third-order valence-corrected chi connectivity index (χ3v) is 8.41. The molecule has 3 fully saturated rings. The van der Waals surface area contributed by atoms with Crippen molar-refractivity contribution in [2.24, 2.45) is 0 Å². The topological polar surface area (TPSA) is 102 Å². The largest absolute Gasteiger partial charge is 0.378 e. The fourth-order valence-electron chi connectivity index (χ4n) is 6.19. The number of carbonyl (C=O) groups is 1. The Morgan fingerprint density at radius 2 is 2.03 bits per heavy atom. The van der Waals surface area contributed by atoms with Gasteiger partial charge in [-0.25, -0.2) is 15.0 Å². The van der Waals surface area contributed by atoms with Crippen molar-refractivity contribution in [1.82, 2.24) is 24.8 Å². The summed E-state index contributed by atoms with van der Waals surface area (Å²) >= 11 is 0. The Hall–Kier alpha value is -3.29. The van der Waals surface area contributed by atoms with Crippen molar-refractivity contribution in [2.45, 2.75) is 43.7 Å². The number of aromatic nitrogens is 3. The molecule has 3 aliphatic heterocycles. The van der Waals surface area contributed by atoms with Crippen molar-refractivity contribution < 1.29 is 9.53 Å². The van der Waals surface area contributed by atoms with Gasteiger partial charge in [-0.3, -0.25) is 9.69 Å². The van der Waals surface area contributed by atoms with Crippen molar-refractivity contribution in [3.63, 3.8) is 0 Å². The van der Waals surface area contributed by atoms with Crippen LogP contribution in [0.2, 0.25) is 0 Å². The van der Waals surface area contributed by atoms with Gasteiger partial charge in [-0.2, -0.15) is 5.26 Å². The number of amides is 1. The Balaban J connectivity index is 1.28. The lowest BCUT2D eigenvalue weighted by atomic mass is 9.66. The predicted molar refractivity (Wildman–Crippen MR) is 134 cm³/mol. The van der Waals surface area contributed by atoms with Gasteiger partial charge in [-0.05, 0) is 38.9 Å². The summed E-state index contributed by atoms with van der Waals surface area (Å²) in [4.78, 5) is 36.0. The summed E-state index contributed by atoms with van der Waals surface area (Å²) in [5.41, 5.74) is 1.80. The van der Waals surface area contributed by atoms with Crippen LogP contribution in [0.4, 0.5) is 17.5 Å². The molecule has 36 heavy (non-hydrogen) atoms. The Labute approximate surface area is 211 Å². The van der Waals surface area contributed by atoms with E-state index in [4.69, 9.17) is 14.7 Å². The second-order valence-electron chi connectivity index (χ2n) is 10.5. The van der Waals surface area contributed by atoms with Crippen molar-refractivity contribution in [3.8, 4) is 6.07 Å². The maximum absolute atomic E-state index is 13.3. The van der Waals surface area contributed by atoms with E-state index >= 15 is 0 Å². The molecule has 2 aromatic heterocycles. The van der Waals surface area contributed by atoms with Crippen LogP contribution in [0.5, 0.6) is 0 Å². The summed E-state index contributed by atoms with van der Waals surface area (Å²) < 4.78 is 5.60. The predicted octanol–water partition coefficient (Wildman–Crippen LogP) is 1.68. The number of hydrogen-bond donors (Lipinski definition) is 0. The van der Waals surface area contributed by atoms with Crippen molar-refractivity contribution in [3.05, 3.63) is 35.8 Å². The lowest BCUT2D eigenvalue weighted by molar-refractivity contribution is -0.144. The highest BCUT2D eigenvalue weighted by molar-refractivity contribution is 5.83. The van der Waals surface area contributed by atoms with Crippen molar-refractivity contribution in [1.29, 1.82) is 5.26 Å². The highest BCUT2D eigenvalue weighted by Gasteiger charge is 2.51. The summed E-state index contributed by atoms with van der Waals surface area (Å²) in [5.74, 6) is 2.79. The molecule has 2 aromatic rings. The first kappa shape index (κ1) is 23.1. The molecule has 1 spiro atoms. The van der Waals surface area contributed by atoms with Gasteiger partial charge in [0.25, 0.3) is 0 Å². The van der Waals surface area contributed by atoms with Crippen LogP contribution in [-0.4, -0.2) is 95.7 Å². The van der Waals surface area contributed by atoms with Crippen LogP contribution in [0.15, 0.2) is 24.7 Å². The van der Waals surface area contributed by atoms with Gasteiger partial charge in [0.05, 0.1) is 24.8 Å². The fourth-order valence-corrected chi connectivity index (χ4v) is 6.19. The van der Waals surface area contributed by atoms with Crippen LogP contribution in [-0.2, 0) is 14.9 Å². The lowest BCUT2D eigenvalue weighted by Crippen LogP contribution is -2.60. The summed E-state index contributed by atoms with van der Waals surface area (Å²) in [6.45, 7) is 6.96. The molecule has 6 rings (SSSR count). The number of piperazine rings is 1. The van der Waals surface area contributed by atoms with E-state index in [9.17, 15) is 10.1 Å². The fraction of sp³-hybridized carbons (Fsp3) is 0.577. The number of anilines is 3. The van der Waals surface area contributed by atoms with Crippen molar-refractivity contribution in [2.75, 3.05) is 62.8 Å². The zero-order valence-corrected chi connectivity index (χ0v) is 20.9. The maximum atomic E-state index is 13.3. The standard InChI is InChI=1S/C26H32N8O2/c1-18-14-32(8-9-33(18)25(35)20-15-36-11-10-31(20)2)23-22-24(30-17-29-23)34(16-26(22)5-3-6-26)21-12-19(13-27)4-7-28-21/h4,7,12,17-18,20H,3,5-6,8-11,14-16H2,1-2H3. The molecule has 2 atom stereocenters. The molecule has 0 N–H and O–H groups in total. The van der Waals surface area contributed by atoms with Gasteiger partial charge in [-0.1, -0.05) is 6.42 Å². The number of likely N-dealkylation sites (N-methyl/N-ethyl adjacent to an activating group) is 1. The molecule has 0 aromatic carbocycles. The number of pyridine rings is 1. The molecule has 10 nitrogen and oxygen atoms in total. The summed E-state index contributed by atoms with van der Waals surface area (Å²) in [7, 11) is 2.00. The first-order chi connectivity index (χ1) is 17.5. The molecule has 1 aliphatic carbocycles. The zero-order valence-electron chi connectivity index (χ0n) is 20.9. The van der Waals surface area contributed by atoms with E-state index in [0.717, 1.165) is 56.5 Å². The third-order valence-electron chi connectivity index (χ3n) is 8.41. The average Bonchev–Trinajstić information content (AvgIpc) is 3.25. The molecule has 2 saturated heterocycles. The molecule has 2 unspecified atom stereocenters. The van der Waals surface area contributed by atoms with Crippen LogP contribution < -0.4 is 9.80 Å². The van der Waals surface area contributed by atoms with Gasteiger partial charge < -0.3 is 19.4 Å². The van der Waals surface area contributed by atoms with E-state index in [2.05, 4.69) is 32.7 Å². The molecule has 188 valence electrons. The van der Waals surface area contributed by atoms with E-state index < -0.39 is 0 Å². The highest BCUT2D eigenvalue weighted by atomic mass is 16.5. The smallest absolute Gasteiger partial charge is 0.242 e. The van der Waals surface area contributed by atoms with Gasteiger partial charge in [-0.15, -0.1) is 0 Å². The highest BCUT2D eigenvalue weighted by Crippen LogP contribution is 2.56. The Morgan fingerprint density at radius 1 is 1.19 bits per heavy atom. The number of nitriles is 1. The number of ether oxygens (including phenoxy) is 1. The van der Waals surface area contributed by atoms with E-state index in [1.807, 2.05) is 18.0 Å². The Morgan fingerprint density at radius 3 is 2.75 bits per heavy atom. The van der Waals surface area contributed by atoms with E-state index in [-0.39, 0.29) is 23.4 Å². The Bertz CT molecular complexity index is 1210. The first-order valence-electron chi connectivity index (χ1n) is 12.8. The molecule has 1 amide bonds. The molecule has 1 saturated carbocycles. The number of hydrogen-bond acceptors (Lipinski definition) is 9. The third kappa shape index (κ3) is 3.69. The Kier molecular flexibility index (Phi) is 5.77. The summed E-state index contributed by atoms with van der Waals surface area (Å²) in [6.07, 6.45) is 6.70. The van der Waals surface area contributed by atoms with Gasteiger partial charge in [0.1, 0.15) is 29.8 Å². The summed E-state index contributed by atoms with van der Waals surface area (Å²) in [6, 6.07) is 5.64. The number of rotatable bonds is 3. The molecular formula is C26H32N8O2. The zero-order chi connectivity index (χ0) is 24.9. The van der Waals surface area contributed by atoms with E-state index in [1.54, 1.807) is 18.6 Å². The number of nitrogens with zero attached hydrogens (tertiary/aromatic N) is 8. The number of morpholine rings is 1. The van der Waals surface area contributed by atoms with Gasteiger partial charge >= 0.3 is 0 Å². The van der Waals surface area contributed by atoms with E-state index in [1.165, 1.54) is 12.0 Å². The van der Waals surface area contributed by atoms with Crippen LogP contribution in [0.3, 0.4) is 0 Å². The number of carbonyl (C=O) groups excluding carboxylic acids is 1. The molecule has 5 heterocycles. The second-order valence-corrected chi connectivity index (χ2v) is 10.5. The lowest BCUT2D eigenvalue weighted by Gasteiger charge is -2.45. The maximum Gasteiger partial charge on any atom is 0.242 e. The second kappa shape index (κ2) is 8.98. The number of fused-ring (bicyclic) bond motifs is 2. The van der Waals surface area contributed by atoms with Crippen LogP contribution in [0, 0.1) is 11.3 Å². The first-order valence-corrected chi connectivity index (χ1v) is 12.8. The van der Waals surface area contributed by atoms with E-state index in [0.29, 0.717) is 25.3 Å². The van der Waals surface area contributed by atoms with Gasteiger partial charge in [0.15, 0.2) is 0 Å². The SMILES string of the molecule is CC1CN(c2ncnc3c2C2(CCC2)CN3c2cc(C#N)ccn2)CCN1C(=O)C1COCCN1C. The van der Waals surface area contributed by atoms with Crippen LogP contribution in [0.25, 0.3) is 0 Å². The summed E-state index contributed by atoms with van der Waals surface area (Å²) in [5, 5.41) is 9.39. The van der Waals surface area contributed by atoms with Crippen LogP contribution >= 0.6 is 0 Å². The molecule has 0 radical (unpaired) electrons. The monoisotopic (exact) mass is 488 g/mol. The van der Waals surface area contributed by atoms with Crippen LogP contribution in [0.1, 0.15) is 37.3 Å². The van der Waals surface area contributed by atoms with Gasteiger partial charge in [0, 0.05) is 55.9 Å². The molecule has 0 bridgehead atoms. The van der Waals surface area contributed by atoms with Gasteiger partial charge in [0.2, 0.25) is 5.91 Å². The minimum Gasteiger partial charge on any atom is -0.378 e. The quantitative estimate of drug-likeness (QED) is 0.639. The normalized spacial score (nSPS) is 25.4. The minimum atomic E-state index is -0.209. The average molecular weight is 489 g/mol. The van der Waals surface area contributed by atoms with Crippen molar-refractivity contribution >= 4 is 23.4 Å². The molecule has 10 heteroatoms.